The van der Waals surface area contributed by atoms with Crippen LogP contribution in [-0.2, 0) is 11.3 Å². The Hall–Kier alpha value is -1.51. The Kier molecular flexibility index (Phi) is 4.62. The van der Waals surface area contributed by atoms with Gasteiger partial charge in [-0.25, -0.2) is 0 Å². The molecule has 4 nitrogen and oxygen atoms in total. The number of nitrogens with zero attached hydrogens (tertiary/aromatic N) is 3. The van der Waals surface area contributed by atoms with Crippen molar-refractivity contribution in [1.29, 1.82) is 0 Å². The summed E-state index contributed by atoms with van der Waals surface area (Å²) in [5.74, 6) is 0.304. The van der Waals surface area contributed by atoms with Crippen molar-refractivity contribution in [3.8, 4) is 0 Å². The molecule has 0 amide bonds. The molecule has 1 saturated carbocycles. The molecule has 0 unspecified atom stereocenters. The highest BCUT2D eigenvalue weighted by molar-refractivity contribution is 5.13. The van der Waals surface area contributed by atoms with Crippen molar-refractivity contribution in [2.75, 3.05) is 0 Å². The van der Waals surface area contributed by atoms with Crippen LogP contribution in [0.1, 0.15) is 31.7 Å². The predicted octanol–water partition coefficient (Wildman–Crippen LogP) is 4.07. The van der Waals surface area contributed by atoms with E-state index in [2.05, 4.69) is 29.1 Å². The first-order valence-corrected chi connectivity index (χ1v) is 6.51. The van der Waals surface area contributed by atoms with Gasteiger partial charge >= 0.3 is 0 Å². The first-order valence-electron chi connectivity index (χ1n) is 6.51. The van der Waals surface area contributed by atoms with E-state index < -0.39 is 0 Å². The van der Waals surface area contributed by atoms with E-state index in [1.54, 1.807) is 0 Å². The largest absolute Gasteiger partial charge is 0.373 e. The summed E-state index contributed by atoms with van der Waals surface area (Å²) < 4.78 is 5.97. The van der Waals surface area contributed by atoms with E-state index in [1.165, 1.54) is 5.56 Å². The van der Waals surface area contributed by atoms with Crippen molar-refractivity contribution in [1.82, 2.24) is 0 Å². The van der Waals surface area contributed by atoms with Gasteiger partial charge in [0.1, 0.15) is 0 Å². The molecule has 0 bridgehead atoms. The van der Waals surface area contributed by atoms with Crippen LogP contribution in [0.25, 0.3) is 10.4 Å². The molecule has 3 atom stereocenters. The zero-order valence-corrected chi connectivity index (χ0v) is 10.7. The van der Waals surface area contributed by atoms with Gasteiger partial charge in [-0.05, 0) is 29.9 Å². The van der Waals surface area contributed by atoms with Crippen molar-refractivity contribution >= 4 is 0 Å². The Bertz CT molecular complexity index is 414. The average molecular weight is 245 g/mol. The highest BCUT2D eigenvalue weighted by Crippen LogP contribution is 2.29. The fourth-order valence-electron chi connectivity index (χ4n) is 2.54. The zero-order valence-electron chi connectivity index (χ0n) is 10.7. The van der Waals surface area contributed by atoms with Gasteiger partial charge in [-0.3, -0.25) is 0 Å². The van der Waals surface area contributed by atoms with Gasteiger partial charge in [-0.2, -0.15) is 0 Å². The van der Waals surface area contributed by atoms with E-state index in [1.807, 2.05) is 18.2 Å². The lowest BCUT2D eigenvalue weighted by Crippen LogP contribution is -2.34. The third kappa shape index (κ3) is 3.25. The molecule has 96 valence electrons. The number of ether oxygens (including phenoxy) is 1. The second kappa shape index (κ2) is 6.43. The van der Waals surface area contributed by atoms with Crippen LogP contribution in [-0.4, -0.2) is 12.1 Å². The van der Waals surface area contributed by atoms with E-state index >= 15 is 0 Å². The van der Waals surface area contributed by atoms with E-state index in [4.69, 9.17) is 10.3 Å². The lowest BCUT2D eigenvalue weighted by molar-refractivity contribution is -0.0219. The minimum Gasteiger partial charge on any atom is -0.373 e. The first-order chi connectivity index (χ1) is 8.81. The number of benzene rings is 1. The molecule has 1 aromatic carbocycles. The second-order valence-electron chi connectivity index (χ2n) is 4.90. The van der Waals surface area contributed by atoms with Crippen LogP contribution in [0.5, 0.6) is 0 Å². The molecule has 0 N–H and O–H groups in total. The Morgan fingerprint density at radius 3 is 2.83 bits per heavy atom. The fraction of sp³-hybridized carbons (Fsp3) is 0.571. The molecule has 0 radical (unpaired) electrons. The normalized spacial score (nSPS) is 27.5. The quantitative estimate of drug-likeness (QED) is 0.448. The van der Waals surface area contributed by atoms with Crippen LogP contribution >= 0.6 is 0 Å². The van der Waals surface area contributed by atoms with Crippen LogP contribution in [0.2, 0.25) is 0 Å². The molecule has 0 heterocycles. The van der Waals surface area contributed by atoms with Gasteiger partial charge in [-0.15, -0.1) is 0 Å². The monoisotopic (exact) mass is 245 g/mol. The highest BCUT2D eigenvalue weighted by atomic mass is 16.5. The molecule has 0 aromatic heterocycles. The van der Waals surface area contributed by atoms with Crippen LogP contribution < -0.4 is 0 Å². The Morgan fingerprint density at radius 1 is 1.33 bits per heavy atom. The summed E-state index contributed by atoms with van der Waals surface area (Å²) in [7, 11) is 0. The van der Waals surface area contributed by atoms with Crippen molar-refractivity contribution in [3.05, 3.63) is 46.3 Å². The minimum atomic E-state index is 0.0875. The number of rotatable bonds is 4. The Labute approximate surface area is 108 Å². The van der Waals surface area contributed by atoms with Crippen molar-refractivity contribution in [3.63, 3.8) is 0 Å². The maximum Gasteiger partial charge on any atom is 0.0720 e. The summed E-state index contributed by atoms with van der Waals surface area (Å²) in [6.07, 6.45) is 3.32. The summed E-state index contributed by atoms with van der Waals surface area (Å²) in [5, 5.41) is 3.87. The SMILES string of the molecule is C[C@@H]1[C@@H](OCc2ccccc2)CCC[C@H]1N=[N+]=[N-]. The third-order valence-corrected chi connectivity index (χ3v) is 3.69. The van der Waals surface area contributed by atoms with Gasteiger partial charge in [0, 0.05) is 11.0 Å². The molecule has 0 aliphatic heterocycles. The lowest BCUT2D eigenvalue weighted by atomic mass is 9.84. The maximum absolute atomic E-state index is 8.55. The molecular formula is C14H19N3O. The lowest BCUT2D eigenvalue weighted by Gasteiger charge is -2.33. The molecule has 18 heavy (non-hydrogen) atoms. The fourth-order valence-corrected chi connectivity index (χ4v) is 2.54. The van der Waals surface area contributed by atoms with E-state index in [0.717, 1.165) is 19.3 Å². The van der Waals surface area contributed by atoms with Crippen molar-refractivity contribution in [2.24, 2.45) is 11.0 Å². The van der Waals surface area contributed by atoms with Gasteiger partial charge in [-0.1, -0.05) is 48.8 Å². The number of azide groups is 1. The molecule has 4 heteroatoms. The molecule has 1 aromatic rings. The summed E-state index contributed by atoms with van der Waals surface area (Å²) in [6, 6.07) is 10.3. The highest BCUT2D eigenvalue weighted by Gasteiger charge is 2.29. The van der Waals surface area contributed by atoms with Crippen LogP contribution in [0.15, 0.2) is 35.4 Å². The van der Waals surface area contributed by atoms with Gasteiger partial charge in [0.05, 0.1) is 12.7 Å². The predicted molar refractivity (Wildman–Crippen MR) is 71.0 cm³/mol. The van der Waals surface area contributed by atoms with Crippen molar-refractivity contribution in [2.45, 2.75) is 44.9 Å². The molecule has 2 rings (SSSR count). The average Bonchev–Trinajstić information content (AvgIpc) is 2.41. The third-order valence-electron chi connectivity index (χ3n) is 3.69. The number of hydrogen-bond donors (Lipinski definition) is 0. The minimum absolute atomic E-state index is 0.0875. The van der Waals surface area contributed by atoms with Crippen molar-refractivity contribution < 1.29 is 4.74 Å². The number of hydrogen-bond acceptors (Lipinski definition) is 2. The van der Waals surface area contributed by atoms with Gasteiger partial charge in [0.2, 0.25) is 0 Å². The van der Waals surface area contributed by atoms with Crippen LogP contribution in [0.3, 0.4) is 0 Å². The molecule has 1 fully saturated rings. The molecule has 1 aliphatic carbocycles. The maximum atomic E-state index is 8.55. The van der Waals surface area contributed by atoms with Gasteiger partial charge < -0.3 is 4.74 Å². The van der Waals surface area contributed by atoms with E-state index in [0.29, 0.717) is 12.5 Å². The van der Waals surface area contributed by atoms with Gasteiger partial charge in [0.15, 0.2) is 0 Å². The molecule has 0 spiro atoms. The Morgan fingerprint density at radius 2 is 2.11 bits per heavy atom. The molecular weight excluding hydrogens is 226 g/mol. The van der Waals surface area contributed by atoms with E-state index in [9.17, 15) is 0 Å². The molecule has 0 saturated heterocycles. The van der Waals surface area contributed by atoms with E-state index in [-0.39, 0.29) is 12.1 Å². The van der Waals surface area contributed by atoms with Gasteiger partial charge in [0.25, 0.3) is 0 Å². The van der Waals surface area contributed by atoms with Crippen LogP contribution in [0.4, 0.5) is 0 Å². The summed E-state index contributed by atoms with van der Waals surface area (Å²) in [4.78, 5) is 2.93. The smallest absolute Gasteiger partial charge is 0.0720 e. The molecule has 1 aliphatic rings. The van der Waals surface area contributed by atoms with Crippen LogP contribution in [0, 0.1) is 5.92 Å². The summed E-state index contributed by atoms with van der Waals surface area (Å²) in [6.45, 7) is 2.76. The standard InChI is InChI=1S/C14H19N3O/c1-11-13(16-17-15)8-5-9-14(11)18-10-12-6-3-2-4-7-12/h2-4,6-7,11,13-14H,5,8-10H2,1H3/t11-,13+,14-/m0/s1. The summed E-state index contributed by atoms with van der Waals surface area (Å²) in [5.41, 5.74) is 9.74. The summed E-state index contributed by atoms with van der Waals surface area (Å²) >= 11 is 0. The Balaban J connectivity index is 1.90. The topological polar surface area (TPSA) is 58.0 Å². The second-order valence-corrected chi connectivity index (χ2v) is 4.90. The first kappa shape index (κ1) is 12.9. The zero-order chi connectivity index (χ0) is 12.8.